The zero-order valence-corrected chi connectivity index (χ0v) is 9.80. The highest BCUT2D eigenvalue weighted by Gasteiger charge is 2.28. The van der Waals surface area contributed by atoms with E-state index in [2.05, 4.69) is 6.92 Å². The van der Waals surface area contributed by atoms with Gasteiger partial charge in [0, 0.05) is 0 Å². The first-order valence-electron chi connectivity index (χ1n) is 6.88. The molecule has 0 saturated heterocycles. The average Bonchev–Trinajstić information content (AvgIpc) is 2.90. The van der Waals surface area contributed by atoms with E-state index in [1.807, 2.05) is 0 Å². The molecule has 82 valence electrons. The summed E-state index contributed by atoms with van der Waals surface area (Å²) in [5, 5.41) is 0. The van der Waals surface area contributed by atoms with Crippen molar-refractivity contribution in [3.05, 3.63) is 0 Å². The number of unbranched alkanes of at least 4 members (excludes halogenated alkanes) is 1. The van der Waals surface area contributed by atoms with Crippen LogP contribution in [0.15, 0.2) is 0 Å². The molecule has 14 heavy (non-hydrogen) atoms. The molecule has 1 unspecified atom stereocenters. The Hall–Kier alpha value is 0. The molecule has 0 aliphatic heterocycles. The summed E-state index contributed by atoms with van der Waals surface area (Å²) in [7, 11) is 0. The van der Waals surface area contributed by atoms with Crippen molar-refractivity contribution >= 4 is 0 Å². The fourth-order valence-corrected chi connectivity index (χ4v) is 2.85. The van der Waals surface area contributed by atoms with Gasteiger partial charge in [-0.05, 0) is 30.6 Å². The Morgan fingerprint density at radius 1 is 1.00 bits per heavy atom. The highest BCUT2D eigenvalue weighted by atomic mass is 14.3. The van der Waals surface area contributed by atoms with Crippen molar-refractivity contribution in [2.24, 2.45) is 17.8 Å². The zero-order chi connectivity index (χ0) is 9.80. The Balaban J connectivity index is 1.65. The second-order valence-corrected chi connectivity index (χ2v) is 5.72. The molecule has 2 saturated carbocycles. The molecule has 0 radical (unpaired) electrons. The zero-order valence-electron chi connectivity index (χ0n) is 9.80. The number of hydrogen-bond acceptors (Lipinski definition) is 0. The van der Waals surface area contributed by atoms with E-state index in [1.54, 1.807) is 38.5 Å². The Morgan fingerprint density at radius 3 is 2.07 bits per heavy atom. The monoisotopic (exact) mass is 194 g/mol. The van der Waals surface area contributed by atoms with Gasteiger partial charge in [-0.25, -0.2) is 0 Å². The van der Waals surface area contributed by atoms with Crippen LogP contribution in [0.4, 0.5) is 0 Å². The van der Waals surface area contributed by atoms with Crippen molar-refractivity contribution in [3.63, 3.8) is 0 Å². The average molecular weight is 194 g/mol. The van der Waals surface area contributed by atoms with E-state index in [0.717, 1.165) is 17.8 Å². The molecule has 0 heteroatoms. The molecule has 0 aromatic rings. The van der Waals surface area contributed by atoms with E-state index < -0.39 is 0 Å². The van der Waals surface area contributed by atoms with Crippen LogP contribution in [0.2, 0.25) is 0 Å². The van der Waals surface area contributed by atoms with Crippen LogP contribution >= 0.6 is 0 Å². The van der Waals surface area contributed by atoms with Gasteiger partial charge in [0.25, 0.3) is 0 Å². The van der Waals surface area contributed by atoms with Gasteiger partial charge in [-0.3, -0.25) is 0 Å². The van der Waals surface area contributed by atoms with Gasteiger partial charge in [0.15, 0.2) is 0 Å². The lowest BCUT2D eigenvalue weighted by molar-refractivity contribution is 0.228. The summed E-state index contributed by atoms with van der Waals surface area (Å²) in [6.07, 6.45) is 15.3. The quantitative estimate of drug-likeness (QED) is 0.547. The molecule has 2 aliphatic rings. The second-order valence-electron chi connectivity index (χ2n) is 5.72. The van der Waals surface area contributed by atoms with Crippen LogP contribution in [0.5, 0.6) is 0 Å². The van der Waals surface area contributed by atoms with Crippen molar-refractivity contribution in [2.45, 2.75) is 71.1 Å². The van der Waals surface area contributed by atoms with Crippen molar-refractivity contribution < 1.29 is 0 Å². The minimum absolute atomic E-state index is 1.10. The summed E-state index contributed by atoms with van der Waals surface area (Å²) < 4.78 is 0. The van der Waals surface area contributed by atoms with Gasteiger partial charge in [0.05, 0.1) is 0 Å². The third-order valence-electron chi connectivity index (χ3n) is 4.22. The lowest BCUT2D eigenvalue weighted by Crippen LogP contribution is -2.16. The van der Waals surface area contributed by atoms with E-state index in [-0.39, 0.29) is 0 Å². The van der Waals surface area contributed by atoms with Crippen LogP contribution in [0.1, 0.15) is 71.1 Å². The summed E-state index contributed by atoms with van der Waals surface area (Å²) in [5.41, 5.74) is 0. The van der Waals surface area contributed by atoms with Crippen LogP contribution in [-0.4, -0.2) is 0 Å². The molecular formula is C14H26. The van der Waals surface area contributed by atoms with E-state index in [4.69, 9.17) is 0 Å². The third-order valence-corrected chi connectivity index (χ3v) is 4.22. The number of rotatable bonds is 7. The maximum atomic E-state index is 2.33. The highest BCUT2D eigenvalue weighted by molar-refractivity contribution is 4.80. The Labute approximate surface area is 89.5 Å². The molecule has 0 N–H and O–H groups in total. The topological polar surface area (TPSA) is 0 Å². The molecule has 0 spiro atoms. The Morgan fingerprint density at radius 2 is 1.64 bits per heavy atom. The molecule has 0 amide bonds. The van der Waals surface area contributed by atoms with Gasteiger partial charge in [0.1, 0.15) is 0 Å². The van der Waals surface area contributed by atoms with Crippen molar-refractivity contribution in [2.75, 3.05) is 0 Å². The van der Waals surface area contributed by atoms with Crippen molar-refractivity contribution in [1.82, 2.24) is 0 Å². The van der Waals surface area contributed by atoms with E-state index in [1.165, 1.54) is 25.7 Å². The molecule has 1 atom stereocenters. The Kier molecular flexibility index (Phi) is 3.89. The van der Waals surface area contributed by atoms with Crippen LogP contribution in [0, 0.1) is 17.8 Å². The van der Waals surface area contributed by atoms with Crippen molar-refractivity contribution in [3.8, 4) is 0 Å². The highest BCUT2D eigenvalue weighted by Crippen LogP contribution is 2.41. The van der Waals surface area contributed by atoms with Gasteiger partial charge in [0.2, 0.25) is 0 Å². The van der Waals surface area contributed by atoms with E-state index in [0.29, 0.717) is 0 Å². The maximum Gasteiger partial charge on any atom is -0.0409 e. The van der Waals surface area contributed by atoms with Gasteiger partial charge >= 0.3 is 0 Å². The first kappa shape index (κ1) is 10.5. The second kappa shape index (κ2) is 5.19. The summed E-state index contributed by atoms with van der Waals surface area (Å²) >= 11 is 0. The fraction of sp³-hybridized carbons (Fsp3) is 1.00. The van der Waals surface area contributed by atoms with Crippen LogP contribution in [0.3, 0.4) is 0 Å². The summed E-state index contributed by atoms with van der Waals surface area (Å²) in [6.45, 7) is 2.33. The fourth-order valence-electron chi connectivity index (χ4n) is 2.85. The summed E-state index contributed by atoms with van der Waals surface area (Å²) in [6, 6.07) is 0. The molecular weight excluding hydrogens is 168 g/mol. The lowest BCUT2D eigenvalue weighted by atomic mass is 9.76. The molecule has 0 nitrogen and oxygen atoms in total. The summed E-state index contributed by atoms with van der Waals surface area (Å²) in [5.74, 6) is 3.39. The van der Waals surface area contributed by atoms with Gasteiger partial charge in [-0.2, -0.15) is 0 Å². The normalized spacial score (nSPS) is 24.6. The van der Waals surface area contributed by atoms with Gasteiger partial charge < -0.3 is 0 Å². The first-order chi connectivity index (χ1) is 6.88. The van der Waals surface area contributed by atoms with Gasteiger partial charge in [-0.15, -0.1) is 0 Å². The largest absolute Gasteiger partial charge is 0.0654 e. The number of hydrogen-bond donors (Lipinski definition) is 0. The molecule has 0 aromatic carbocycles. The molecule has 0 bridgehead atoms. The Bertz CT molecular complexity index is 153. The van der Waals surface area contributed by atoms with E-state index >= 15 is 0 Å². The van der Waals surface area contributed by atoms with Crippen molar-refractivity contribution in [1.29, 1.82) is 0 Å². The molecule has 2 aliphatic carbocycles. The molecule has 2 fully saturated rings. The third kappa shape index (κ3) is 3.29. The van der Waals surface area contributed by atoms with Crippen LogP contribution in [0.25, 0.3) is 0 Å². The van der Waals surface area contributed by atoms with Crippen LogP contribution in [-0.2, 0) is 0 Å². The predicted molar refractivity (Wildman–Crippen MR) is 62.3 cm³/mol. The minimum atomic E-state index is 1.10. The molecule has 0 aromatic heterocycles. The standard InChI is InChI=1S/C14H26/c1-2-3-5-14(11-13-8-9-13)10-12-6-4-7-12/h12-14H,2-11H2,1H3. The lowest BCUT2D eigenvalue weighted by Gasteiger charge is -2.29. The predicted octanol–water partition coefficient (Wildman–Crippen LogP) is 4.78. The maximum absolute atomic E-state index is 2.33. The van der Waals surface area contributed by atoms with Gasteiger partial charge in [-0.1, -0.05) is 58.3 Å². The first-order valence-corrected chi connectivity index (χ1v) is 6.88. The minimum Gasteiger partial charge on any atom is -0.0654 e. The molecule has 0 heterocycles. The summed E-state index contributed by atoms with van der Waals surface area (Å²) in [4.78, 5) is 0. The molecule has 2 rings (SSSR count). The van der Waals surface area contributed by atoms with E-state index in [9.17, 15) is 0 Å². The van der Waals surface area contributed by atoms with Crippen LogP contribution < -0.4 is 0 Å². The smallest absolute Gasteiger partial charge is 0.0409 e. The SMILES string of the molecule is CCCCC(CC1CCC1)CC1CC1.